The second kappa shape index (κ2) is 7.75. The van der Waals surface area contributed by atoms with Gasteiger partial charge in [0.05, 0.1) is 13.2 Å². The topological polar surface area (TPSA) is 67.9 Å². The van der Waals surface area contributed by atoms with E-state index in [0.29, 0.717) is 26.4 Å². The molecule has 1 spiro atoms. The van der Waals surface area contributed by atoms with Gasteiger partial charge in [0.25, 0.3) is 0 Å². The van der Waals surface area contributed by atoms with E-state index in [1.54, 1.807) is 12.0 Å². The molecule has 0 atom stereocenters. The van der Waals surface area contributed by atoms with E-state index in [-0.39, 0.29) is 18.4 Å². The molecule has 0 aromatic heterocycles. The van der Waals surface area contributed by atoms with Crippen molar-refractivity contribution < 1.29 is 19.1 Å². The Bertz CT molecular complexity index is 367. The highest BCUT2D eigenvalue weighted by atomic mass is 16.5. The molecule has 2 rings (SSSR count). The Morgan fingerprint density at radius 2 is 1.90 bits per heavy atom. The summed E-state index contributed by atoms with van der Waals surface area (Å²) in [7, 11) is 1.66. The van der Waals surface area contributed by atoms with Crippen LogP contribution in [0.15, 0.2) is 0 Å². The van der Waals surface area contributed by atoms with Gasteiger partial charge in [0.2, 0.25) is 11.8 Å². The van der Waals surface area contributed by atoms with Crippen molar-refractivity contribution in [2.45, 2.75) is 44.1 Å². The van der Waals surface area contributed by atoms with Crippen LogP contribution in [-0.4, -0.2) is 62.3 Å². The number of carbonyl (C=O) groups excluding carboxylic acids is 2. The fourth-order valence-corrected chi connectivity index (χ4v) is 3.31. The van der Waals surface area contributed by atoms with Crippen LogP contribution in [0, 0.1) is 0 Å². The summed E-state index contributed by atoms with van der Waals surface area (Å²) in [5.41, 5.74) is -0.622. The molecule has 0 aromatic rings. The van der Waals surface area contributed by atoms with Crippen LogP contribution in [0.2, 0.25) is 0 Å². The van der Waals surface area contributed by atoms with E-state index in [1.807, 2.05) is 0 Å². The van der Waals surface area contributed by atoms with E-state index in [4.69, 9.17) is 9.47 Å². The van der Waals surface area contributed by atoms with Gasteiger partial charge in [0.15, 0.2) is 0 Å². The molecule has 0 radical (unpaired) electrons. The second-order valence-corrected chi connectivity index (χ2v) is 5.78. The monoisotopic (exact) mass is 298 g/mol. The number of nitrogens with one attached hydrogen (secondary N) is 1. The van der Waals surface area contributed by atoms with Crippen LogP contribution < -0.4 is 5.32 Å². The Kier molecular flexibility index (Phi) is 5.99. The van der Waals surface area contributed by atoms with Gasteiger partial charge in [-0.25, -0.2) is 0 Å². The number of carbonyl (C=O) groups is 2. The summed E-state index contributed by atoms with van der Waals surface area (Å²) in [5.74, 6) is 0.0261. The Morgan fingerprint density at radius 1 is 1.14 bits per heavy atom. The molecular formula is C15H26N2O4. The lowest BCUT2D eigenvalue weighted by Crippen LogP contribution is -2.68. The molecule has 0 unspecified atom stereocenters. The lowest BCUT2D eigenvalue weighted by molar-refractivity contribution is -0.157. The molecule has 6 nitrogen and oxygen atoms in total. The summed E-state index contributed by atoms with van der Waals surface area (Å²) >= 11 is 0. The molecule has 1 N–H and O–H groups in total. The number of hydrogen-bond acceptors (Lipinski definition) is 4. The van der Waals surface area contributed by atoms with Crippen molar-refractivity contribution in [3.05, 3.63) is 0 Å². The molecule has 2 aliphatic rings. The molecule has 0 bridgehead atoms. The van der Waals surface area contributed by atoms with Crippen molar-refractivity contribution in [3.8, 4) is 0 Å². The number of hydrogen-bond donors (Lipinski definition) is 1. The van der Waals surface area contributed by atoms with Gasteiger partial charge in [-0.05, 0) is 19.3 Å². The lowest BCUT2D eigenvalue weighted by atomic mass is 9.78. The molecule has 1 aliphatic carbocycles. The highest BCUT2D eigenvalue weighted by molar-refractivity contribution is 5.98. The smallest absolute Gasteiger partial charge is 0.246 e. The molecule has 1 saturated heterocycles. The van der Waals surface area contributed by atoms with Crippen LogP contribution in [0.3, 0.4) is 0 Å². The maximum Gasteiger partial charge on any atom is 0.246 e. The number of rotatable bonds is 7. The zero-order valence-corrected chi connectivity index (χ0v) is 12.9. The Morgan fingerprint density at radius 3 is 2.62 bits per heavy atom. The van der Waals surface area contributed by atoms with E-state index in [2.05, 4.69) is 5.32 Å². The Balaban J connectivity index is 1.90. The molecule has 1 saturated carbocycles. The van der Waals surface area contributed by atoms with E-state index >= 15 is 0 Å². The number of ether oxygens (including phenoxy) is 2. The highest BCUT2D eigenvalue weighted by Crippen LogP contribution is 2.35. The highest BCUT2D eigenvalue weighted by Gasteiger charge is 2.49. The fourth-order valence-electron chi connectivity index (χ4n) is 3.31. The third-order valence-electron chi connectivity index (χ3n) is 4.42. The molecule has 1 aliphatic heterocycles. The zero-order chi connectivity index (χ0) is 15.1. The number of piperazine rings is 1. The van der Waals surface area contributed by atoms with Crippen LogP contribution in [0.5, 0.6) is 0 Å². The lowest BCUT2D eigenvalue weighted by Gasteiger charge is -2.47. The maximum absolute atomic E-state index is 12.3. The molecule has 1 heterocycles. The summed E-state index contributed by atoms with van der Waals surface area (Å²) in [4.78, 5) is 26.3. The minimum atomic E-state index is -0.622. The SMILES string of the molecule is COCCCOCCN1C(=O)CNC(=O)C12CCCCC2. The van der Waals surface area contributed by atoms with Gasteiger partial charge in [-0.15, -0.1) is 0 Å². The summed E-state index contributed by atoms with van der Waals surface area (Å²) < 4.78 is 10.5. The maximum atomic E-state index is 12.3. The van der Waals surface area contributed by atoms with Gasteiger partial charge in [-0.2, -0.15) is 0 Å². The van der Waals surface area contributed by atoms with Crippen LogP contribution in [-0.2, 0) is 19.1 Å². The zero-order valence-electron chi connectivity index (χ0n) is 12.9. The van der Waals surface area contributed by atoms with Crippen molar-refractivity contribution in [2.24, 2.45) is 0 Å². The minimum Gasteiger partial charge on any atom is -0.385 e. The molecule has 2 fully saturated rings. The first kappa shape index (κ1) is 16.2. The summed E-state index contributed by atoms with van der Waals surface area (Å²) in [6.45, 7) is 2.39. The molecule has 120 valence electrons. The first-order valence-electron chi connectivity index (χ1n) is 7.86. The van der Waals surface area contributed by atoms with Gasteiger partial charge in [0, 0.05) is 26.9 Å². The van der Waals surface area contributed by atoms with Crippen molar-refractivity contribution >= 4 is 11.8 Å². The van der Waals surface area contributed by atoms with Gasteiger partial charge >= 0.3 is 0 Å². The Hall–Kier alpha value is -1.14. The first-order valence-corrected chi connectivity index (χ1v) is 7.86. The third kappa shape index (κ3) is 3.74. The quantitative estimate of drug-likeness (QED) is 0.703. The predicted molar refractivity (Wildman–Crippen MR) is 77.9 cm³/mol. The predicted octanol–water partition coefficient (Wildman–Crippen LogP) is 0.701. The molecule has 2 amide bonds. The average Bonchev–Trinajstić information content (AvgIpc) is 2.51. The van der Waals surface area contributed by atoms with Gasteiger partial charge in [-0.3, -0.25) is 9.59 Å². The van der Waals surface area contributed by atoms with Crippen LogP contribution in [0.25, 0.3) is 0 Å². The van der Waals surface area contributed by atoms with Gasteiger partial charge in [-0.1, -0.05) is 19.3 Å². The summed E-state index contributed by atoms with van der Waals surface area (Å²) in [5, 5.41) is 2.75. The molecule has 6 heteroatoms. The fraction of sp³-hybridized carbons (Fsp3) is 0.867. The van der Waals surface area contributed by atoms with Crippen molar-refractivity contribution in [2.75, 3.05) is 40.0 Å². The van der Waals surface area contributed by atoms with Gasteiger partial charge < -0.3 is 19.7 Å². The van der Waals surface area contributed by atoms with E-state index in [0.717, 1.165) is 38.5 Å². The van der Waals surface area contributed by atoms with Crippen LogP contribution in [0.1, 0.15) is 38.5 Å². The van der Waals surface area contributed by atoms with E-state index in [1.165, 1.54) is 0 Å². The number of nitrogens with zero attached hydrogens (tertiary/aromatic N) is 1. The van der Waals surface area contributed by atoms with Crippen LogP contribution >= 0.6 is 0 Å². The van der Waals surface area contributed by atoms with Crippen molar-refractivity contribution in [1.29, 1.82) is 0 Å². The first-order chi connectivity index (χ1) is 10.2. The molecule has 0 aromatic carbocycles. The number of methoxy groups -OCH3 is 1. The van der Waals surface area contributed by atoms with Crippen molar-refractivity contribution in [1.82, 2.24) is 10.2 Å². The van der Waals surface area contributed by atoms with E-state index in [9.17, 15) is 9.59 Å². The minimum absolute atomic E-state index is 0.0111. The molecule has 21 heavy (non-hydrogen) atoms. The average molecular weight is 298 g/mol. The normalized spacial score (nSPS) is 21.7. The Labute approximate surface area is 126 Å². The van der Waals surface area contributed by atoms with Crippen LogP contribution in [0.4, 0.5) is 0 Å². The standard InChI is InChI=1S/C15H26N2O4/c1-20-9-5-10-21-11-8-17-13(18)12-16-14(19)15(17)6-3-2-4-7-15/h2-12H2,1H3,(H,16,19). The van der Waals surface area contributed by atoms with Gasteiger partial charge in [0.1, 0.15) is 5.54 Å². The summed E-state index contributed by atoms with van der Waals surface area (Å²) in [6, 6.07) is 0. The van der Waals surface area contributed by atoms with Crippen molar-refractivity contribution in [3.63, 3.8) is 0 Å². The van der Waals surface area contributed by atoms with E-state index < -0.39 is 5.54 Å². The molecular weight excluding hydrogens is 272 g/mol. The third-order valence-corrected chi connectivity index (χ3v) is 4.42. The second-order valence-electron chi connectivity index (χ2n) is 5.78. The largest absolute Gasteiger partial charge is 0.385 e. The summed E-state index contributed by atoms with van der Waals surface area (Å²) in [6.07, 6.45) is 5.54. The number of amides is 2.